The number of methoxy groups -OCH3 is 2. The molecule has 0 saturated heterocycles. The van der Waals surface area contributed by atoms with Gasteiger partial charge in [0.25, 0.3) is 11.8 Å². The summed E-state index contributed by atoms with van der Waals surface area (Å²) in [5.41, 5.74) is 5.70. The number of aromatic nitrogens is 1. The molecule has 1 N–H and O–H groups in total. The van der Waals surface area contributed by atoms with Crippen molar-refractivity contribution in [2.45, 2.75) is 44.6 Å². The van der Waals surface area contributed by atoms with Gasteiger partial charge in [0.1, 0.15) is 5.75 Å². The maximum Gasteiger partial charge on any atom is 0.303 e. The van der Waals surface area contributed by atoms with E-state index in [0.29, 0.717) is 30.4 Å². The third-order valence-electron chi connectivity index (χ3n) is 8.51. The number of carbonyl (C=O) groups excluding carboxylic acids is 2. The molecule has 2 heterocycles. The molecule has 1 aromatic heterocycles. The van der Waals surface area contributed by atoms with Crippen LogP contribution in [0.1, 0.15) is 59.5 Å². The maximum atomic E-state index is 13.8. The first kappa shape index (κ1) is 30.8. The number of nitrogens with zero attached hydrogens (tertiary/aromatic N) is 3. The summed E-state index contributed by atoms with van der Waals surface area (Å²) >= 11 is 0. The molecule has 0 atom stereocenters. The van der Waals surface area contributed by atoms with Gasteiger partial charge in [-0.05, 0) is 66.3 Å². The highest BCUT2D eigenvalue weighted by Gasteiger charge is 2.31. The minimum atomic E-state index is -3.97. The predicted octanol–water partition coefficient (Wildman–Crippen LogP) is 4.40. The van der Waals surface area contributed by atoms with Crippen LogP contribution in [0.15, 0.2) is 42.0 Å². The van der Waals surface area contributed by atoms with Crippen LogP contribution in [0, 0.1) is 0 Å². The van der Waals surface area contributed by atoms with Crippen molar-refractivity contribution in [3.8, 4) is 17.0 Å². The van der Waals surface area contributed by atoms with Crippen LogP contribution in [0.4, 0.5) is 0 Å². The lowest BCUT2D eigenvalue weighted by atomic mass is 9.81. The van der Waals surface area contributed by atoms with Crippen molar-refractivity contribution in [1.29, 1.82) is 0 Å². The lowest BCUT2D eigenvalue weighted by Gasteiger charge is -2.24. The second kappa shape index (κ2) is 12.5. The topological polar surface area (TPSA) is 110 Å². The van der Waals surface area contributed by atoms with E-state index in [4.69, 9.17) is 9.47 Å². The van der Waals surface area contributed by atoms with Crippen LogP contribution in [0.25, 0.3) is 28.2 Å². The van der Waals surface area contributed by atoms with Gasteiger partial charge in [-0.3, -0.25) is 9.59 Å². The van der Waals surface area contributed by atoms with Gasteiger partial charge in [-0.2, -0.15) is 12.7 Å². The molecule has 11 heteroatoms. The number of rotatable bonds is 9. The standard InChI is InChI=1S/C32H40N4O6S/c1-34(2)43(39,40)33-31(37)22-11-13-27-28(19-22)36-20-24(32(38)35(3)15-16-41-4)17-23-18-25(42-5)12-14-26(23)30(36)29(27)21-9-7-6-8-10-21/h11-14,17-19,21H,6-10,15-16,20H2,1-5H3,(H,33,37). The minimum Gasteiger partial charge on any atom is -0.497 e. The average molecular weight is 609 g/mol. The summed E-state index contributed by atoms with van der Waals surface area (Å²) in [5, 5.41) is 1.01. The lowest BCUT2D eigenvalue weighted by Crippen LogP contribution is -2.39. The molecule has 1 fully saturated rings. The molecule has 230 valence electrons. The van der Waals surface area contributed by atoms with Crippen LogP contribution in [-0.4, -0.2) is 82.5 Å². The van der Waals surface area contributed by atoms with Gasteiger partial charge in [0.15, 0.2) is 0 Å². The summed E-state index contributed by atoms with van der Waals surface area (Å²) in [6, 6.07) is 11.3. The second-order valence-electron chi connectivity index (χ2n) is 11.5. The smallest absolute Gasteiger partial charge is 0.303 e. The van der Waals surface area contributed by atoms with Crippen molar-refractivity contribution in [2.24, 2.45) is 0 Å². The molecule has 1 aliphatic heterocycles. The molecule has 0 spiro atoms. The van der Waals surface area contributed by atoms with Crippen molar-refractivity contribution in [3.63, 3.8) is 0 Å². The summed E-state index contributed by atoms with van der Waals surface area (Å²) in [6.07, 6.45) is 7.53. The Kier molecular flexibility index (Phi) is 8.96. The van der Waals surface area contributed by atoms with Gasteiger partial charge < -0.3 is 18.9 Å². The molecule has 0 unspecified atom stereocenters. The zero-order chi connectivity index (χ0) is 30.9. The van der Waals surface area contributed by atoms with E-state index in [-0.39, 0.29) is 18.0 Å². The highest BCUT2D eigenvalue weighted by molar-refractivity contribution is 7.87. The number of hydrogen-bond acceptors (Lipinski definition) is 6. The molecule has 1 aliphatic carbocycles. The lowest BCUT2D eigenvalue weighted by molar-refractivity contribution is -0.126. The fourth-order valence-corrected chi connectivity index (χ4v) is 6.69. The van der Waals surface area contributed by atoms with Crippen LogP contribution < -0.4 is 9.46 Å². The third-order valence-corrected chi connectivity index (χ3v) is 9.91. The first-order chi connectivity index (χ1) is 20.6. The molecule has 0 bridgehead atoms. The van der Waals surface area contributed by atoms with Gasteiger partial charge in [0.2, 0.25) is 0 Å². The van der Waals surface area contributed by atoms with Gasteiger partial charge in [-0.1, -0.05) is 25.3 Å². The normalized spacial score (nSPS) is 15.4. The molecule has 5 rings (SSSR count). The monoisotopic (exact) mass is 608 g/mol. The number of hydrogen-bond donors (Lipinski definition) is 1. The van der Waals surface area contributed by atoms with Gasteiger partial charge >= 0.3 is 10.2 Å². The van der Waals surface area contributed by atoms with E-state index in [1.165, 1.54) is 26.1 Å². The van der Waals surface area contributed by atoms with Crippen molar-refractivity contribution in [1.82, 2.24) is 18.5 Å². The largest absolute Gasteiger partial charge is 0.497 e. The Morgan fingerprint density at radius 2 is 1.77 bits per heavy atom. The number of benzene rings is 2. The molecule has 2 aromatic carbocycles. The Labute approximate surface area is 253 Å². The molecule has 10 nitrogen and oxygen atoms in total. The van der Waals surface area contributed by atoms with Crippen LogP contribution in [0.3, 0.4) is 0 Å². The zero-order valence-corrected chi connectivity index (χ0v) is 26.3. The van der Waals surface area contributed by atoms with Gasteiger partial charge in [-0.25, -0.2) is 4.72 Å². The Hall–Kier alpha value is -3.67. The molecule has 0 radical (unpaired) electrons. The van der Waals surface area contributed by atoms with Crippen LogP contribution >= 0.6 is 0 Å². The van der Waals surface area contributed by atoms with E-state index < -0.39 is 16.1 Å². The summed E-state index contributed by atoms with van der Waals surface area (Å²) in [6.45, 7) is 1.14. The number of nitrogens with one attached hydrogen (secondary N) is 1. The molecule has 2 amide bonds. The first-order valence-electron chi connectivity index (χ1n) is 14.6. The Balaban J connectivity index is 1.74. The van der Waals surface area contributed by atoms with E-state index in [0.717, 1.165) is 57.7 Å². The molecule has 1 saturated carbocycles. The minimum absolute atomic E-state index is 0.120. The van der Waals surface area contributed by atoms with Crippen LogP contribution in [0.5, 0.6) is 5.75 Å². The van der Waals surface area contributed by atoms with E-state index >= 15 is 0 Å². The predicted molar refractivity (Wildman–Crippen MR) is 167 cm³/mol. The maximum absolute atomic E-state index is 13.8. The van der Waals surface area contributed by atoms with E-state index in [1.807, 2.05) is 30.3 Å². The zero-order valence-electron chi connectivity index (χ0n) is 25.5. The first-order valence-corrected chi connectivity index (χ1v) is 16.0. The Morgan fingerprint density at radius 3 is 2.44 bits per heavy atom. The molecular weight excluding hydrogens is 568 g/mol. The number of fused-ring (bicyclic) bond motifs is 5. The molecule has 43 heavy (non-hydrogen) atoms. The van der Waals surface area contributed by atoms with Crippen molar-refractivity contribution in [2.75, 3.05) is 48.5 Å². The Morgan fingerprint density at radius 1 is 1.02 bits per heavy atom. The van der Waals surface area contributed by atoms with Crippen LogP contribution in [0.2, 0.25) is 0 Å². The Bertz CT molecular complexity index is 1690. The fourth-order valence-electron chi connectivity index (χ4n) is 6.15. The highest BCUT2D eigenvalue weighted by atomic mass is 32.2. The molecule has 2 aliphatic rings. The molecule has 3 aromatic rings. The van der Waals surface area contributed by atoms with Crippen LogP contribution in [-0.2, 0) is 26.3 Å². The quantitative estimate of drug-likeness (QED) is 0.386. The van der Waals surface area contributed by atoms with Gasteiger partial charge in [0, 0.05) is 62.4 Å². The number of ether oxygens (including phenoxy) is 2. The van der Waals surface area contributed by atoms with Crippen molar-refractivity contribution in [3.05, 3.63) is 58.7 Å². The van der Waals surface area contributed by atoms with E-state index in [1.54, 1.807) is 38.3 Å². The highest BCUT2D eigenvalue weighted by Crippen LogP contribution is 2.47. The van der Waals surface area contributed by atoms with E-state index in [2.05, 4.69) is 9.29 Å². The summed E-state index contributed by atoms with van der Waals surface area (Å²) < 4.78 is 40.9. The van der Waals surface area contributed by atoms with Gasteiger partial charge in [-0.15, -0.1) is 0 Å². The van der Waals surface area contributed by atoms with E-state index in [9.17, 15) is 18.0 Å². The fraction of sp³-hybridized carbons (Fsp3) is 0.438. The summed E-state index contributed by atoms with van der Waals surface area (Å²) in [5.74, 6) is 0.179. The van der Waals surface area contributed by atoms with Gasteiger partial charge in [0.05, 0.1) is 26.0 Å². The summed E-state index contributed by atoms with van der Waals surface area (Å²) in [7, 11) is 3.75. The average Bonchev–Trinajstić information content (AvgIpc) is 3.21. The molecular formula is C32H40N4O6S. The third kappa shape index (κ3) is 6.07. The number of likely N-dealkylation sites (N-methyl/N-ethyl adjacent to an activating group) is 1. The SMILES string of the molecule is COCCN(C)C(=O)C1=Cc2cc(OC)ccc2-c2c(C3CCCCC3)c3ccc(C(=O)NS(=O)(=O)N(C)C)cc3n2C1. The second-order valence-corrected chi connectivity index (χ2v) is 13.4. The number of carbonyl (C=O) groups is 2. The number of amides is 2. The van der Waals surface area contributed by atoms with Crippen molar-refractivity contribution >= 4 is 39.0 Å². The summed E-state index contributed by atoms with van der Waals surface area (Å²) in [4.78, 5) is 28.6. The van der Waals surface area contributed by atoms with Crippen molar-refractivity contribution < 1.29 is 27.5 Å².